The molecule has 0 aliphatic rings. The maximum atomic E-state index is 13.2. The van der Waals surface area contributed by atoms with Crippen LogP contribution in [0.25, 0.3) is 22.6 Å². The van der Waals surface area contributed by atoms with Crippen LogP contribution in [0, 0.1) is 0 Å². The second-order valence-electron chi connectivity index (χ2n) is 8.11. The number of anilines is 2. The fourth-order valence-electron chi connectivity index (χ4n) is 3.94. The third-order valence-corrected chi connectivity index (χ3v) is 7.62. The summed E-state index contributed by atoms with van der Waals surface area (Å²) < 4.78 is 44.7. The SMILES string of the molecule is CCOc1cccc2cc(-c3nnc(NC(=O)c4ccc(S(=O)(=O)N(CC)c5ccccc5)cc4)o3)oc12. The second-order valence-corrected chi connectivity index (χ2v) is 9.98. The number of furan rings is 1. The van der Waals surface area contributed by atoms with Crippen LogP contribution in [0.4, 0.5) is 11.7 Å². The van der Waals surface area contributed by atoms with Gasteiger partial charge in [0, 0.05) is 17.5 Å². The molecule has 5 rings (SSSR count). The molecule has 1 N–H and O–H groups in total. The molecule has 0 aliphatic heterocycles. The molecular formula is C27H24N4O6S. The smallest absolute Gasteiger partial charge is 0.322 e. The number of ether oxygens (including phenoxy) is 1. The second kappa shape index (κ2) is 10.4. The van der Waals surface area contributed by atoms with Gasteiger partial charge in [0.15, 0.2) is 17.1 Å². The first-order valence-corrected chi connectivity index (χ1v) is 13.3. The molecule has 0 atom stereocenters. The summed E-state index contributed by atoms with van der Waals surface area (Å²) in [5.41, 5.74) is 1.33. The number of nitrogens with one attached hydrogen (secondary N) is 1. The number of amides is 1. The zero-order valence-corrected chi connectivity index (χ0v) is 21.4. The quantitative estimate of drug-likeness (QED) is 0.269. The van der Waals surface area contributed by atoms with E-state index in [4.69, 9.17) is 13.6 Å². The summed E-state index contributed by atoms with van der Waals surface area (Å²) in [7, 11) is -3.81. The lowest BCUT2D eigenvalue weighted by atomic mass is 10.2. The summed E-state index contributed by atoms with van der Waals surface area (Å²) >= 11 is 0. The van der Waals surface area contributed by atoms with Gasteiger partial charge in [-0.05, 0) is 62.4 Å². The van der Waals surface area contributed by atoms with E-state index in [9.17, 15) is 13.2 Å². The molecule has 0 saturated carbocycles. The summed E-state index contributed by atoms with van der Waals surface area (Å²) in [6, 6.07) is 21.6. The Morgan fingerprint density at radius 3 is 2.42 bits per heavy atom. The maximum absolute atomic E-state index is 13.2. The first kappa shape index (κ1) is 25.0. The molecule has 0 radical (unpaired) electrons. The Morgan fingerprint density at radius 1 is 0.947 bits per heavy atom. The van der Waals surface area contributed by atoms with Crippen molar-refractivity contribution in [2.75, 3.05) is 22.8 Å². The molecule has 38 heavy (non-hydrogen) atoms. The highest BCUT2D eigenvalue weighted by Crippen LogP contribution is 2.33. The highest BCUT2D eigenvalue weighted by Gasteiger charge is 2.24. The molecule has 0 spiro atoms. The van der Waals surface area contributed by atoms with Gasteiger partial charge in [-0.1, -0.05) is 35.4 Å². The van der Waals surface area contributed by atoms with Crippen LogP contribution >= 0.6 is 0 Å². The molecule has 0 unspecified atom stereocenters. The molecule has 2 aromatic heterocycles. The number of hydrogen-bond donors (Lipinski definition) is 1. The van der Waals surface area contributed by atoms with Crippen molar-refractivity contribution in [2.45, 2.75) is 18.7 Å². The molecule has 0 saturated heterocycles. The number of sulfonamides is 1. The number of aromatic nitrogens is 2. The lowest BCUT2D eigenvalue weighted by Crippen LogP contribution is -2.30. The van der Waals surface area contributed by atoms with Crippen LogP contribution in [0.2, 0.25) is 0 Å². The molecule has 0 fully saturated rings. The highest BCUT2D eigenvalue weighted by molar-refractivity contribution is 7.92. The molecular weight excluding hydrogens is 508 g/mol. The van der Waals surface area contributed by atoms with E-state index < -0.39 is 15.9 Å². The number of benzene rings is 3. The minimum atomic E-state index is -3.81. The molecule has 194 valence electrons. The zero-order chi connectivity index (χ0) is 26.7. The van der Waals surface area contributed by atoms with E-state index in [1.165, 1.54) is 28.6 Å². The summed E-state index contributed by atoms with van der Waals surface area (Å²) in [5, 5.41) is 11.2. The molecule has 11 heteroatoms. The van der Waals surface area contributed by atoms with Crippen LogP contribution in [0.1, 0.15) is 24.2 Å². The van der Waals surface area contributed by atoms with Crippen molar-refractivity contribution in [2.24, 2.45) is 0 Å². The minimum Gasteiger partial charge on any atom is -0.490 e. The van der Waals surface area contributed by atoms with Crippen molar-refractivity contribution in [3.8, 4) is 17.4 Å². The Morgan fingerprint density at radius 2 is 1.71 bits per heavy atom. The van der Waals surface area contributed by atoms with Crippen molar-refractivity contribution in [3.63, 3.8) is 0 Å². The number of carbonyl (C=O) groups excluding carboxylic acids is 1. The van der Waals surface area contributed by atoms with E-state index in [1.54, 1.807) is 43.3 Å². The number of fused-ring (bicyclic) bond motifs is 1. The lowest BCUT2D eigenvalue weighted by molar-refractivity contribution is 0.102. The van der Waals surface area contributed by atoms with Crippen LogP contribution in [-0.4, -0.2) is 37.7 Å². The first-order valence-electron chi connectivity index (χ1n) is 11.9. The van der Waals surface area contributed by atoms with E-state index in [0.29, 0.717) is 29.4 Å². The average Bonchev–Trinajstić information content (AvgIpc) is 3.57. The fraction of sp³-hybridized carbons (Fsp3) is 0.148. The van der Waals surface area contributed by atoms with E-state index in [0.717, 1.165) is 5.39 Å². The molecule has 1 amide bonds. The zero-order valence-electron chi connectivity index (χ0n) is 20.6. The number of rotatable bonds is 9. The number of hydrogen-bond acceptors (Lipinski definition) is 8. The van der Waals surface area contributed by atoms with E-state index in [2.05, 4.69) is 15.5 Å². The van der Waals surface area contributed by atoms with Gasteiger partial charge in [0.05, 0.1) is 17.2 Å². The Hall–Kier alpha value is -4.64. The maximum Gasteiger partial charge on any atom is 0.322 e. The van der Waals surface area contributed by atoms with Gasteiger partial charge in [-0.3, -0.25) is 14.4 Å². The highest BCUT2D eigenvalue weighted by atomic mass is 32.2. The molecule has 3 aromatic carbocycles. The van der Waals surface area contributed by atoms with Crippen molar-refractivity contribution in [3.05, 3.63) is 84.4 Å². The van der Waals surface area contributed by atoms with Crippen LogP contribution in [0.3, 0.4) is 0 Å². The van der Waals surface area contributed by atoms with Crippen LogP contribution in [0.15, 0.2) is 92.6 Å². The normalized spacial score (nSPS) is 11.4. The molecule has 2 heterocycles. The third kappa shape index (κ3) is 4.83. The summed E-state index contributed by atoms with van der Waals surface area (Å²) in [6.45, 7) is 4.38. The average molecular weight is 533 g/mol. The predicted molar refractivity (Wildman–Crippen MR) is 142 cm³/mol. The summed E-state index contributed by atoms with van der Waals surface area (Å²) in [4.78, 5) is 12.8. The standard InChI is InChI=1S/C27H24N4O6S/c1-3-31(20-10-6-5-7-11-20)38(33,34)21-15-13-18(14-16-21)25(32)28-27-30-29-26(37-27)23-17-19-9-8-12-22(35-4-2)24(19)36-23/h5-17H,3-4H2,1-2H3,(H,28,30,32). The Bertz CT molecular complexity index is 1680. The van der Waals surface area contributed by atoms with Crippen molar-refractivity contribution in [1.82, 2.24) is 10.2 Å². The van der Waals surface area contributed by atoms with Gasteiger partial charge in [-0.15, -0.1) is 5.10 Å². The van der Waals surface area contributed by atoms with Gasteiger partial charge in [0.25, 0.3) is 21.8 Å². The van der Waals surface area contributed by atoms with Crippen molar-refractivity contribution >= 4 is 38.6 Å². The van der Waals surface area contributed by atoms with E-state index in [1.807, 2.05) is 25.1 Å². The van der Waals surface area contributed by atoms with Gasteiger partial charge >= 0.3 is 6.01 Å². The van der Waals surface area contributed by atoms with Crippen LogP contribution in [-0.2, 0) is 10.0 Å². The van der Waals surface area contributed by atoms with Gasteiger partial charge in [-0.25, -0.2) is 8.42 Å². The van der Waals surface area contributed by atoms with Gasteiger partial charge in [0.2, 0.25) is 0 Å². The summed E-state index contributed by atoms with van der Waals surface area (Å²) in [6.07, 6.45) is 0. The van der Waals surface area contributed by atoms with Crippen molar-refractivity contribution < 1.29 is 26.8 Å². The largest absolute Gasteiger partial charge is 0.490 e. The van der Waals surface area contributed by atoms with Crippen LogP contribution < -0.4 is 14.4 Å². The van der Waals surface area contributed by atoms with Gasteiger partial charge in [0.1, 0.15) is 0 Å². The summed E-state index contributed by atoms with van der Waals surface area (Å²) in [5.74, 6) is 0.470. The monoisotopic (exact) mass is 532 g/mol. The fourth-order valence-corrected chi connectivity index (χ4v) is 5.42. The molecule has 0 aliphatic carbocycles. The van der Waals surface area contributed by atoms with Gasteiger partial charge in [-0.2, -0.15) is 0 Å². The van der Waals surface area contributed by atoms with E-state index >= 15 is 0 Å². The first-order chi connectivity index (χ1) is 18.4. The predicted octanol–water partition coefficient (Wildman–Crippen LogP) is 5.35. The molecule has 5 aromatic rings. The molecule has 10 nitrogen and oxygen atoms in total. The number of para-hydroxylation sites is 2. The lowest BCUT2D eigenvalue weighted by Gasteiger charge is -2.22. The minimum absolute atomic E-state index is 0.0659. The Kier molecular flexibility index (Phi) is 6.84. The number of carbonyl (C=O) groups is 1. The molecule has 0 bridgehead atoms. The third-order valence-electron chi connectivity index (χ3n) is 5.70. The van der Waals surface area contributed by atoms with Crippen molar-refractivity contribution in [1.29, 1.82) is 0 Å². The van der Waals surface area contributed by atoms with Gasteiger partial charge < -0.3 is 13.6 Å². The van der Waals surface area contributed by atoms with Crippen LogP contribution in [0.5, 0.6) is 5.75 Å². The van der Waals surface area contributed by atoms with E-state index in [-0.39, 0.29) is 28.9 Å². The Labute approximate surface area is 218 Å². The Balaban J connectivity index is 1.31. The topological polar surface area (TPSA) is 128 Å². The number of nitrogens with zero attached hydrogens (tertiary/aromatic N) is 3.